The zero-order valence-corrected chi connectivity index (χ0v) is 19.7. The number of carbonyl (C=O) groups excluding carboxylic acids is 2. The van der Waals surface area contributed by atoms with Crippen LogP contribution in [0.5, 0.6) is 11.5 Å². The third-order valence-corrected chi connectivity index (χ3v) is 5.59. The minimum atomic E-state index is -3.75. The summed E-state index contributed by atoms with van der Waals surface area (Å²) in [6, 6.07) is 12.0. The van der Waals surface area contributed by atoms with Crippen LogP contribution in [0.4, 0.5) is 5.69 Å². The highest BCUT2D eigenvalue weighted by molar-refractivity contribution is 7.92. The molecule has 0 unspecified atom stereocenters. The molecule has 2 aromatic rings. The van der Waals surface area contributed by atoms with Gasteiger partial charge in [-0.2, -0.15) is 5.10 Å². The van der Waals surface area contributed by atoms with E-state index in [2.05, 4.69) is 15.3 Å². The van der Waals surface area contributed by atoms with Gasteiger partial charge in [-0.25, -0.2) is 18.6 Å². The van der Waals surface area contributed by atoms with E-state index in [1.807, 2.05) is 6.92 Å². The average molecular weight is 478 g/mol. The summed E-state index contributed by atoms with van der Waals surface area (Å²) in [5.74, 6) is -0.0399. The number of benzene rings is 2. The van der Waals surface area contributed by atoms with Gasteiger partial charge in [0.1, 0.15) is 17.5 Å². The van der Waals surface area contributed by atoms with Gasteiger partial charge < -0.3 is 14.2 Å². The molecule has 0 aliphatic heterocycles. The number of methoxy groups -OCH3 is 1. The van der Waals surface area contributed by atoms with Crippen LogP contribution >= 0.6 is 0 Å². The smallest absolute Gasteiger partial charge is 0.343 e. The van der Waals surface area contributed by atoms with Gasteiger partial charge in [0.2, 0.25) is 10.0 Å². The summed E-state index contributed by atoms with van der Waals surface area (Å²) in [7, 11) is -2.48. The second-order valence-electron chi connectivity index (χ2n) is 6.83. The van der Waals surface area contributed by atoms with Crippen molar-refractivity contribution in [2.45, 2.75) is 19.9 Å². The second kappa shape index (κ2) is 11.9. The van der Waals surface area contributed by atoms with E-state index in [1.165, 1.54) is 20.2 Å². The van der Waals surface area contributed by atoms with Gasteiger partial charge in [-0.1, -0.05) is 0 Å². The summed E-state index contributed by atoms with van der Waals surface area (Å²) in [5.41, 5.74) is 3.34. The van der Waals surface area contributed by atoms with E-state index in [4.69, 9.17) is 9.47 Å². The number of nitrogens with one attached hydrogen (secondary N) is 1. The fraction of sp³-hybridized carbons (Fsp3) is 0.318. The molecule has 0 aromatic heterocycles. The van der Waals surface area contributed by atoms with E-state index in [9.17, 15) is 18.0 Å². The molecule has 0 heterocycles. The summed E-state index contributed by atoms with van der Waals surface area (Å²) in [6.07, 6.45) is 2.43. The number of hydrazone groups is 1. The number of ether oxygens (including phenoxy) is 3. The highest BCUT2D eigenvalue weighted by Crippen LogP contribution is 2.24. The Hall–Kier alpha value is -3.60. The first-order valence-electron chi connectivity index (χ1n) is 10.0. The molecular formula is C22H27N3O7S. The van der Waals surface area contributed by atoms with Gasteiger partial charge in [-0.3, -0.25) is 9.10 Å². The predicted octanol–water partition coefficient (Wildman–Crippen LogP) is 1.94. The molecule has 2 aromatic carbocycles. The van der Waals surface area contributed by atoms with Crippen molar-refractivity contribution in [3.05, 3.63) is 54.1 Å². The standard InChI is InChI=1S/C22H27N3O7S/c1-5-31-19-12-8-18(9-13-19)25(33(4,28)29)16(2)22(27)24-23-14-17-6-10-20(11-7-17)32-15-21(26)30-3/h6-14,16H,5,15H2,1-4H3,(H,24,27)/b23-14-/t16-/m1/s1. The van der Waals surface area contributed by atoms with Crippen molar-refractivity contribution >= 4 is 33.8 Å². The molecule has 0 aliphatic carbocycles. The minimum Gasteiger partial charge on any atom is -0.494 e. The quantitative estimate of drug-likeness (QED) is 0.298. The van der Waals surface area contributed by atoms with Gasteiger partial charge in [-0.05, 0) is 67.9 Å². The van der Waals surface area contributed by atoms with E-state index < -0.39 is 27.9 Å². The largest absolute Gasteiger partial charge is 0.494 e. The minimum absolute atomic E-state index is 0.205. The molecular weight excluding hydrogens is 450 g/mol. The summed E-state index contributed by atoms with van der Waals surface area (Å²) in [4.78, 5) is 23.7. The van der Waals surface area contributed by atoms with E-state index >= 15 is 0 Å². The van der Waals surface area contributed by atoms with Crippen LogP contribution in [0.1, 0.15) is 19.4 Å². The maximum Gasteiger partial charge on any atom is 0.343 e. The molecule has 0 aliphatic rings. The Morgan fingerprint density at radius 1 is 1.06 bits per heavy atom. The highest BCUT2D eigenvalue weighted by Gasteiger charge is 2.29. The van der Waals surface area contributed by atoms with Crippen molar-refractivity contribution in [2.75, 3.05) is 30.9 Å². The molecule has 10 nitrogen and oxygen atoms in total. The SMILES string of the molecule is CCOc1ccc(N([C@H](C)C(=O)N/N=C\c2ccc(OCC(=O)OC)cc2)S(C)(=O)=O)cc1. The second-order valence-corrected chi connectivity index (χ2v) is 8.69. The molecule has 0 saturated heterocycles. The number of esters is 1. The van der Waals surface area contributed by atoms with Crippen LogP contribution in [0.15, 0.2) is 53.6 Å². The lowest BCUT2D eigenvalue weighted by Crippen LogP contribution is -2.46. The molecule has 0 fully saturated rings. The summed E-state index contributed by atoms with van der Waals surface area (Å²) in [5, 5.41) is 3.90. The molecule has 33 heavy (non-hydrogen) atoms. The molecule has 1 N–H and O–H groups in total. The first-order valence-corrected chi connectivity index (χ1v) is 11.9. The maximum absolute atomic E-state index is 12.6. The van der Waals surface area contributed by atoms with Gasteiger partial charge in [0, 0.05) is 0 Å². The maximum atomic E-state index is 12.6. The Balaban J connectivity index is 2.03. The van der Waals surface area contributed by atoms with Crippen LogP contribution in [-0.4, -0.2) is 59.1 Å². The Morgan fingerprint density at radius 2 is 1.64 bits per heavy atom. The Bertz CT molecular complexity index is 1070. The van der Waals surface area contributed by atoms with Crippen molar-refractivity contribution in [1.82, 2.24) is 5.43 Å². The molecule has 0 bridgehead atoms. The molecule has 0 spiro atoms. The lowest BCUT2D eigenvalue weighted by atomic mass is 10.2. The van der Waals surface area contributed by atoms with Crippen molar-refractivity contribution in [3.8, 4) is 11.5 Å². The fourth-order valence-electron chi connectivity index (χ4n) is 2.78. The monoisotopic (exact) mass is 477 g/mol. The van der Waals surface area contributed by atoms with Gasteiger partial charge >= 0.3 is 5.97 Å². The summed E-state index contributed by atoms with van der Waals surface area (Å²) >= 11 is 0. The zero-order valence-electron chi connectivity index (χ0n) is 18.8. The van der Waals surface area contributed by atoms with Crippen LogP contribution in [-0.2, 0) is 24.3 Å². The van der Waals surface area contributed by atoms with Crippen molar-refractivity contribution in [1.29, 1.82) is 0 Å². The molecule has 11 heteroatoms. The average Bonchev–Trinajstić information content (AvgIpc) is 2.78. The van der Waals surface area contributed by atoms with Crippen LogP contribution in [0, 0.1) is 0 Å². The zero-order chi connectivity index (χ0) is 24.4. The van der Waals surface area contributed by atoms with E-state index in [0.29, 0.717) is 29.4 Å². The lowest BCUT2D eigenvalue weighted by molar-refractivity contribution is -0.142. The van der Waals surface area contributed by atoms with Crippen LogP contribution in [0.2, 0.25) is 0 Å². The molecule has 0 radical (unpaired) electrons. The first kappa shape index (κ1) is 25.7. The Labute approximate surface area is 193 Å². The molecule has 1 atom stereocenters. The number of rotatable bonds is 11. The molecule has 178 valence electrons. The fourth-order valence-corrected chi connectivity index (χ4v) is 3.95. The van der Waals surface area contributed by atoms with Crippen LogP contribution in [0.3, 0.4) is 0 Å². The number of hydrogen-bond acceptors (Lipinski definition) is 8. The van der Waals surface area contributed by atoms with Gasteiger partial charge in [0.05, 0.1) is 31.9 Å². The van der Waals surface area contributed by atoms with Crippen molar-refractivity contribution < 1.29 is 32.2 Å². The van der Waals surface area contributed by atoms with Gasteiger partial charge in [0.15, 0.2) is 6.61 Å². The molecule has 2 rings (SSSR count). The van der Waals surface area contributed by atoms with E-state index in [-0.39, 0.29) is 6.61 Å². The number of anilines is 1. The molecule has 1 amide bonds. The highest BCUT2D eigenvalue weighted by atomic mass is 32.2. The van der Waals surface area contributed by atoms with Crippen LogP contribution in [0.25, 0.3) is 0 Å². The normalized spacial score (nSPS) is 12.1. The number of carbonyl (C=O) groups is 2. The Morgan fingerprint density at radius 3 is 2.18 bits per heavy atom. The summed E-state index contributed by atoms with van der Waals surface area (Å²) < 4.78 is 40.9. The lowest BCUT2D eigenvalue weighted by Gasteiger charge is -2.27. The van der Waals surface area contributed by atoms with Gasteiger partial charge in [0.25, 0.3) is 5.91 Å². The third-order valence-electron chi connectivity index (χ3n) is 4.34. The Kier molecular flexibility index (Phi) is 9.22. The number of hydrogen-bond donors (Lipinski definition) is 1. The van der Waals surface area contributed by atoms with Gasteiger partial charge in [-0.15, -0.1) is 0 Å². The number of amides is 1. The van der Waals surface area contributed by atoms with E-state index in [1.54, 1.807) is 48.5 Å². The predicted molar refractivity (Wildman–Crippen MR) is 124 cm³/mol. The van der Waals surface area contributed by atoms with Crippen molar-refractivity contribution in [3.63, 3.8) is 0 Å². The number of sulfonamides is 1. The third kappa shape index (κ3) is 7.79. The molecule has 0 saturated carbocycles. The van der Waals surface area contributed by atoms with Crippen LogP contribution < -0.4 is 19.2 Å². The summed E-state index contributed by atoms with van der Waals surface area (Å²) in [6.45, 7) is 3.59. The van der Waals surface area contributed by atoms with Crippen molar-refractivity contribution in [2.24, 2.45) is 5.10 Å². The topological polar surface area (TPSA) is 124 Å². The first-order chi connectivity index (χ1) is 15.7. The van der Waals surface area contributed by atoms with E-state index in [0.717, 1.165) is 10.6 Å². The number of nitrogens with zero attached hydrogens (tertiary/aromatic N) is 2.